The van der Waals surface area contributed by atoms with Crippen LogP contribution in [0.15, 0.2) is 28.8 Å². The topological polar surface area (TPSA) is 98.9 Å². The lowest BCUT2D eigenvalue weighted by atomic mass is 10.1. The van der Waals surface area contributed by atoms with E-state index in [9.17, 15) is 18.0 Å². The summed E-state index contributed by atoms with van der Waals surface area (Å²) < 4.78 is 36.8. The number of halogens is 3. The molecule has 11 heteroatoms. The molecule has 2 fully saturated rings. The second-order valence-electron chi connectivity index (χ2n) is 8.71. The summed E-state index contributed by atoms with van der Waals surface area (Å²) in [5.41, 5.74) is 3.79. The zero-order valence-electron chi connectivity index (χ0n) is 19.4. The van der Waals surface area contributed by atoms with Crippen molar-refractivity contribution in [2.24, 2.45) is 0 Å². The van der Waals surface area contributed by atoms with Gasteiger partial charge in [-0.15, -0.1) is 0 Å². The van der Waals surface area contributed by atoms with Crippen LogP contribution in [-0.2, 0) is 4.79 Å². The molecule has 0 unspecified atom stereocenters. The van der Waals surface area contributed by atoms with Gasteiger partial charge < -0.3 is 19.8 Å². The minimum atomic E-state index is -5.08. The highest BCUT2D eigenvalue weighted by atomic mass is 19.4. The van der Waals surface area contributed by atoms with Crippen LogP contribution in [-0.4, -0.2) is 64.9 Å². The summed E-state index contributed by atoms with van der Waals surface area (Å²) in [7, 11) is 0. The van der Waals surface area contributed by atoms with Gasteiger partial charge in [-0.1, -0.05) is 5.16 Å². The standard InChI is InChI=1S/C21H28N4O2.C2HF3O2/c1-14-11-17(24-10-8-18(13-24)25-9-4-5-16(25)3)6-7-19(14)22-21(26)20-12-15(2)23-27-20;3-2(4,5)1(6)7/h6-7,11-12,16,18H,4-5,8-10,13H2,1-3H3,(H,22,26);(H,6,7)/t16-,18+;/m0./s1. The van der Waals surface area contributed by atoms with E-state index in [-0.39, 0.29) is 11.7 Å². The predicted octanol–water partition coefficient (Wildman–Crippen LogP) is 4.24. The summed E-state index contributed by atoms with van der Waals surface area (Å²) >= 11 is 0. The minimum Gasteiger partial charge on any atom is -0.475 e. The SMILES string of the molecule is Cc1cc(C(=O)Nc2ccc(N3CC[C@@H](N4CCC[C@@H]4C)C3)cc2C)on1.O=C(O)C(F)(F)F. The van der Waals surface area contributed by atoms with Crippen LogP contribution in [0.4, 0.5) is 24.5 Å². The van der Waals surface area contributed by atoms with Crippen molar-refractivity contribution in [2.45, 2.75) is 58.3 Å². The largest absolute Gasteiger partial charge is 0.490 e. The Morgan fingerprint density at radius 2 is 1.88 bits per heavy atom. The average Bonchev–Trinajstić information content (AvgIpc) is 3.50. The minimum absolute atomic E-state index is 0.234. The maximum atomic E-state index is 12.3. The first-order chi connectivity index (χ1) is 16.0. The Labute approximate surface area is 195 Å². The van der Waals surface area contributed by atoms with E-state index in [2.05, 4.69) is 39.3 Å². The van der Waals surface area contributed by atoms with Gasteiger partial charge in [-0.3, -0.25) is 9.69 Å². The monoisotopic (exact) mass is 482 g/mol. The van der Waals surface area contributed by atoms with Crippen molar-refractivity contribution in [3.05, 3.63) is 41.3 Å². The molecule has 2 N–H and O–H groups in total. The van der Waals surface area contributed by atoms with E-state index in [0.717, 1.165) is 24.3 Å². The van der Waals surface area contributed by atoms with Crippen LogP contribution in [0.3, 0.4) is 0 Å². The van der Waals surface area contributed by atoms with Gasteiger partial charge >= 0.3 is 12.1 Å². The third kappa shape index (κ3) is 6.28. The number of carboxylic acids is 1. The number of hydrogen-bond acceptors (Lipinski definition) is 6. The smallest absolute Gasteiger partial charge is 0.475 e. The summed E-state index contributed by atoms with van der Waals surface area (Å²) in [6.45, 7) is 9.61. The number of carbonyl (C=O) groups is 2. The molecular weight excluding hydrogens is 453 g/mol. The third-order valence-corrected chi connectivity index (χ3v) is 6.15. The van der Waals surface area contributed by atoms with Crippen molar-refractivity contribution in [3.8, 4) is 0 Å². The van der Waals surface area contributed by atoms with E-state index in [1.807, 2.05) is 13.0 Å². The zero-order chi connectivity index (χ0) is 25.0. The first kappa shape index (κ1) is 25.5. The Kier molecular flexibility index (Phi) is 7.86. The molecule has 0 radical (unpaired) electrons. The fourth-order valence-electron chi connectivity index (χ4n) is 4.38. The highest BCUT2D eigenvalue weighted by Gasteiger charge is 2.38. The molecule has 2 aromatic rings. The highest BCUT2D eigenvalue weighted by molar-refractivity contribution is 6.02. The quantitative estimate of drug-likeness (QED) is 0.673. The molecule has 8 nitrogen and oxygen atoms in total. The van der Waals surface area contributed by atoms with Crippen LogP contribution in [0, 0.1) is 13.8 Å². The summed E-state index contributed by atoms with van der Waals surface area (Å²) in [5.74, 6) is -2.79. The van der Waals surface area contributed by atoms with Gasteiger partial charge in [0.1, 0.15) is 0 Å². The number of likely N-dealkylation sites (tertiary alicyclic amines) is 1. The lowest BCUT2D eigenvalue weighted by Crippen LogP contribution is -2.39. The lowest BCUT2D eigenvalue weighted by Gasteiger charge is -2.28. The lowest BCUT2D eigenvalue weighted by molar-refractivity contribution is -0.192. The molecule has 0 spiro atoms. The summed E-state index contributed by atoms with van der Waals surface area (Å²) in [5, 5.41) is 13.8. The van der Waals surface area contributed by atoms with Gasteiger partial charge in [-0.2, -0.15) is 13.2 Å². The van der Waals surface area contributed by atoms with Crippen LogP contribution in [0.1, 0.15) is 48.0 Å². The number of aromatic nitrogens is 1. The molecule has 2 saturated heterocycles. The summed E-state index contributed by atoms with van der Waals surface area (Å²) in [6, 6.07) is 9.27. The van der Waals surface area contributed by atoms with Gasteiger partial charge in [0.15, 0.2) is 0 Å². The highest BCUT2D eigenvalue weighted by Crippen LogP contribution is 2.30. The number of nitrogens with one attached hydrogen (secondary N) is 1. The zero-order valence-corrected chi connectivity index (χ0v) is 19.4. The normalized spacial score (nSPS) is 20.7. The molecule has 4 rings (SSSR count). The number of anilines is 2. The van der Waals surface area contributed by atoms with Crippen molar-refractivity contribution < 1.29 is 32.4 Å². The molecule has 2 aliphatic rings. The molecule has 3 heterocycles. The van der Waals surface area contributed by atoms with Crippen molar-refractivity contribution >= 4 is 23.3 Å². The number of amides is 1. The molecule has 1 aromatic carbocycles. The molecule has 0 aliphatic carbocycles. The van der Waals surface area contributed by atoms with Gasteiger partial charge in [0.05, 0.1) is 5.69 Å². The van der Waals surface area contributed by atoms with E-state index >= 15 is 0 Å². The summed E-state index contributed by atoms with van der Waals surface area (Å²) in [4.78, 5) is 26.3. The van der Waals surface area contributed by atoms with Crippen LogP contribution < -0.4 is 10.2 Å². The van der Waals surface area contributed by atoms with E-state index < -0.39 is 12.1 Å². The number of carbonyl (C=O) groups excluding carboxylic acids is 1. The first-order valence-corrected chi connectivity index (χ1v) is 11.1. The van der Waals surface area contributed by atoms with E-state index in [1.165, 1.54) is 31.5 Å². The van der Waals surface area contributed by atoms with Crippen LogP contribution in [0.25, 0.3) is 0 Å². The van der Waals surface area contributed by atoms with Crippen molar-refractivity contribution in [1.82, 2.24) is 10.1 Å². The first-order valence-electron chi connectivity index (χ1n) is 11.1. The molecular formula is C23H29F3N4O4. The second kappa shape index (κ2) is 10.5. The molecule has 0 saturated carbocycles. The molecule has 1 aromatic heterocycles. The summed E-state index contributed by atoms with van der Waals surface area (Å²) in [6.07, 6.45) is -1.20. The Balaban J connectivity index is 0.000000406. The Morgan fingerprint density at radius 1 is 1.18 bits per heavy atom. The Morgan fingerprint density at radius 3 is 2.41 bits per heavy atom. The van der Waals surface area contributed by atoms with Gasteiger partial charge in [0.25, 0.3) is 5.91 Å². The molecule has 2 aliphatic heterocycles. The number of hydrogen-bond donors (Lipinski definition) is 2. The van der Waals surface area contributed by atoms with Gasteiger partial charge in [0, 0.05) is 42.6 Å². The molecule has 2 atom stereocenters. The molecule has 34 heavy (non-hydrogen) atoms. The average molecular weight is 483 g/mol. The number of aryl methyl sites for hydroxylation is 2. The fourth-order valence-corrected chi connectivity index (χ4v) is 4.38. The number of carboxylic acid groups (broad SMARTS) is 1. The van der Waals surface area contributed by atoms with Crippen LogP contribution in [0.5, 0.6) is 0 Å². The molecule has 1 amide bonds. The van der Waals surface area contributed by atoms with Gasteiger partial charge in [-0.25, -0.2) is 4.79 Å². The fraction of sp³-hybridized carbons (Fsp3) is 0.522. The number of alkyl halides is 3. The number of rotatable bonds is 4. The van der Waals surface area contributed by atoms with Crippen molar-refractivity contribution in [1.29, 1.82) is 0 Å². The van der Waals surface area contributed by atoms with Crippen LogP contribution >= 0.6 is 0 Å². The number of aliphatic carboxylic acids is 1. The second-order valence-corrected chi connectivity index (χ2v) is 8.71. The Bertz CT molecular complexity index is 1020. The van der Waals surface area contributed by atoms with E-state index in [1.54, 1.807) is 13.0 Å². The number of nitrogens with zero attached hydrogens (tertiary/aromatic N) is 3. The maximum Gasteiger partial charge on any atom is 0.490 e. The van der Waals surface area contributed by atoms with E-state index in [4.69, 9.17) is 14.4 Å². The maximum absolute atomic E-state index is 12.3. The van der Waals surface area contributed by atoms with Gasteiger partial charge in [0.2, 0.25) is 5.76 Å². The van der Waals surface area contributed by atoms with Crippen LogP contribution in [0.2, 0.25) is 0 Å². The Hall–Kier alpha value is -3.08. The predicted molar refractivity (Wildman–Crippen MR) is 120 cm³/mol. The van der Waals surface area contributed by atoms with Gasteiger partial charge in [-0.05, 0) is 70.3 Å². The number of benzene rings is 1. The van der Waals surface area contributed by atoms with Crippen molar-refractivity contribution in [3.63, 3.8) is 0 Å². The molecule has 0 bridgehead atoms. The van der Waals surface area contributed by atoms with Crippen molar-refractivity contribution in [2.75, 3.05) is 29.9 Å². The third-order valence-electron chi connectivity index (χ3n) is 6.15. The molecule has 186 valence electrons. The van der Waals surface area contributed by atoms with E-state index in [0.29, 0.717) is 17.8 Å².